The minimum Gasteiger partial charge on any atom is -0.384 e. The molecule has 1 aromatic carbocycles. The lowest BCUT2D eigenvalue weighted by atomic mass is 9.85. The first-order valence-corrected chi connectivity index (χ1v) is 11.1. The summed E-state index contributed by atoms with van der Waals surface area (Å²) in [5.41, 5.74) is 15.7. The molecule has 5 rings (SSSR count). The molecule has 3 heterocycles. The molecule has 1 saturated carbocycles. The summed E-state index contributed by atoms with van der Waals surface area (Å²) >= 11 is 0. The van der Waals surface area contributed by atoms with Crippen molar-refractivity contribution in [1.29, 1.82) is 0 Å². The SMILES string of the molecule is [B]c1cc2ccc(C(CC)CC3CCC(n4ccc5c(N)ncnc54)C3)cc2nc1N. The number of pyridine rings is 1. The van der Waals surface area contributed by atoms with Gasteiger partial charge in [-0.05, 0) is 67.0 Å². The molecule has 1 aliphatic carbocycles. The average molecular weight is 410 g/mol. The average Bonchev–Trinajstić information content (AvgIpc) is 3.40. The van der Waals surface area contributed by atoms with E-state index >= 15 is 0 Å². The Morgan fingerprint density at radius 2 is 2.00 bits per heavy atom. The Labute approximate surface area is 183 Å². The molecular formula is C24H27BN6. The molecule has 0 aliphatic heterocycles. The largest absolute Gasteiger partial charge is 0.384 e. The van der Waals surface area contributed by atoms with Gasteiger partial charge in [0.2, 0.25) is 0 Å². The van der Waals surface area contributed by atoms with Gasteiger partial charge in [0.05, 0.1) is 10.9 Å². The third kappa shape index (κ3) is 3.62. The van der Waals surface area contributed by atoms with E-state index in [1.54, 1.807) is 6.33 Å². The molecule has 0 amide bonds. The Hall–Kier alpha value is -3.09. The number of benzene rings is 1. The molecule has 3 aromatic heterocycles. The van der Waals surface area contributed by atoms with E-state index in [4.69, 9.17) is 19.3 Å². The van der Waals surface area contributed by atoms with Gasteiger partial charge in [-0.3, -0.25) is 0 Å². The molecule has 1 fully saturated rings. The van der Waals surface area contributed by atoms with Gasteiger partial charge in [-0.2, -0.15) is 0 Å². The number of hydrogen-bond donors (Lipinski definition) is 2. The van der Waals surface area contributed by atoms with Crippen molar-refractivity contribution in [2.75, 3.05) is 11.5 Å². The number of nitrogens with two attached hydrogens (primary N) is 2. The molecular weight excluding hydrogens is 383 g/mol. The number of fused-ring (bicyclic) bond motifs is 2. The maximum atomic E-state index is 6.02. The van der Waals surface area contributed by atoms with E-state index in [1.165, 1.54) is 31.2 Å². The molecule has 31 heavy (non-hydrogen) atoms. The van der Waals surface area contributed by atoms with Crippen LogP contribution in [0.3, 0.4) is 0 Å². The molecule has 3 atom stereocenters. The molecule has 7 heteroatoms. The highest BCUT2D eigenvalue weighted by Gasteiger charge is 2.29. The number of hydrogen-bond acceptors (Lipinski definition) is 5. The fraction of sp³-hybridized carbons (Fsp3) is 0.375. The predicted octanol–water partition coefficient (Wildman–Crippen LogP) is 3.86. The zero-order valence-corrected chi connectivity index (χ0v) is 17.8. The summed E-state index contributed by atoms with van der Waals surface area (Å²) in [6, 6.07) is 10.9. The molecule has 2 radical (unpaired) electrons. The van der Waals surface area contributed by atoms with Crippen molar-refractivity contribution in [2.45, 2.75) is 51.0 Å². The first-order chi connectivity index (χ1) is 15.0. The Balaban J connectivity index is 1.34. The highest BCUT2D eigenvalue weighted by atomic mass is 15.1. The van der Waals surface area contributed by atoms with Gasteiger partial charge in [-0.15, -0.1) is 0 Å². The third-order valence-electron chi connectivity index (χ3n) is 6.93. The van der Waals surface area contributed by atoms with Crippen LogP contribution in [0.25, 0.3) is 21.9 Å². The van der Waals surface area contributed by atoms with Gasteiger partial charge in [0.25, 0.3) is 0 Å². The number of nitrogens with zero attached hydrogens (tertiary/aromatic N) is 4. The summed E-state index contributed by atoms with van der Waals surface area (Å²) in [4.78, 5) is 13.1. The standard InChI is InChI=1S/C24H27BN6/c1-2-15(16-4-5-17-11-20(25)23(27)30-21(17)12-16)9-14-3-6-18(10-14)31-8-7-19-22(26)28-13-29-24(19)31/h4-5,7-8,11-15,18H,2-3,6,9-10H2,1H3,(H2,27,30)(H2,26,28,29). The molecule has 0 spiro atoms. The fourth-order valence-corrected chi connectivity index (χ4v) is 5.21. The van der Waals surface area contributed by atoms with Gasteiger partial charge >= 0.3 is 0 Å². The van der Waals surface area contributed by atoms with E-state index in [1.807, 2.05) is 12.1 Å². The van der Waals surface area contributed by atoms with Crippen LogP contribution in [0.5, 0.6) is 0 Å². The Bertz CT molecular complexity index is 1250. The molecule has 1 aliphatic rings. The van der Waals surface area contributed by atoms with Crippen LogP contribution in [0.15, 0.2) is 42.9 Å². The van der Waals surface area contributed by atoms with Crippen molar-refractivity contribution < 1.29 is 0 Å². The molecule has 3 unspecified atom stereocenters. The van der Waals surface area contributed by atoms with Crippen molar-refractivity contribution in [3.8, 4) is 0 Å². The van der Waals surface area contributed by atoms with E-state index in [2.05, 4.69) is 50.8 Å². The second kappa shape index (κ2) is 7.87. The quantitative estimate of drug-likeness (QED) is 0.487. The van der Waals surface area contributed by atoms with E-state index < -0.39 is 0 Å². The van der Waals surface area contributed by atoms with Crippen molar-refractivity contribution in [3.63, 3.8) is 0 Å². The summed E-state index contributed by atoms with van der Waals surface area (Å²) in [7, 11) is 5.91. The molecule has 4 N–H and O–H groups in total. The zero-order valence-electron chi connectivity index (χ0n) is 17.8. The highest BCUT2D eigenvalue weighted by molar-refractivity contribution is 6.36. The van der Waals surface area contributed by atoms with E-state index in [0.717, 1.165) is 28.4 Å². The number of anilines is 2. The van der Waals surface area contributed by atoms with Gasteiger partial charge in [-0.25, -0.2) is 15.0 Å². The molecule has 6 nitrogen and oxygen atoms in total. The molecule has 156 valence electrons. The van der Waals surface area contributed by atoms with Crippen LogP contribution < -0.4 is 16.9 Å². The topological polar surface area (TPSA) is 95.6 Å². The van der Waals surface area contributed by atoms with Crippen LogP contribution >= 0.6 is 0 Å². The fourth-order valence-electron chi connectivity index (χ4n) is 5.21. The molecule has 0 saturated heterocycles. The highest BCUT2D eigenvalue weighted by Crippen LogP contribution is 2.42. The lowest BCUT2D eigenvalue weighted by Gasteiger charge is -2.21. The van der Waals surface area contributed by atoms with Crippen LogP contribution in [0.4, 0.5) is 11.6 Å². The lowest BCUT2D eigenvalue weighted by molar-refractivity contribution is 0.416. The van der Waals surface area contributed by atoms with Crippen molar-refractivity contribution in [2.24, 2.45) is 5.92 Å². The van der Waals surface area contributed by atoms with Crippen molar-refractivity contribution in [3.05, 3.63) is 48.4 Å². The van der Waals surface area contributed by atoms with Crippen LogP contribution in [0.1, 0.15) is 56.6 Å². The van der Waals surface area contributed by atoms with Gasteiger partial charge < -0.3 is 16.0 Å². The predicted molar refractivity (Wildman–Crippen MR) is 128 cm³/mol. The summed E-state index contributed by atoms with van der Waals surface area (Å²) in [5.74, 6) is 2.15. The summed E-state index contributed by atoms with van der Waals surface area (Å²) in [5, 5.41) is 1.98. The van der Waals surface area contributed by atoms with Crippen molar-refractivity contribution >= 4 is 46.9 Å². The lowest BCUT2D eigenvalue weighted by Crippen LogP contribution is -2.12. The van der Waals surface area contributed by atoms with E-state index in [9.17, 15) is 0 Å². The van der Waals surface area contributed by atoms with E-state index in [0.29, 0.717) is 35.0 Å². The Morgan fingerprint density at radius 3 is 2.84 bits per heavy atom. The van der Waals surface area contributed by atoms with Crippen LogP contribution in [0, 0.1) is 5.92 Å². The summed E-state index contributed by atoms with van der Waals surface area (Å²) < 4.78 is 2.29. The van der Waals surface area contributed by atoms with Gasteiger partial charge in [0, 0.05) is 12.2 Å². The maximum absolute atomic E-state index is 6.02. The van der Waals surface area contributed by atoms with Crippen LogP contribution in [0.2, 0.25) is 0 Å². The van der Waals surface area contributed by atoms with Gasteiger partial charge in [-0.1, -0.05) is 30.6 Å². The monoisotopic (exact) mass is 410 g/mol. The summed E-state index contributed by atoms with van der Waals surface area (Å²) in [6.45, 7) is 2.27. The number of nitrogen functional groups attached to an aromatic ring is 2. The first kappa shape index (κ1) is 19.9. The molecule has 4 aromatic rings. The van der Waals surface area contributed by atoms with Gasteiger partial charge in [0.1, 0.15) is 31.5 Å². The summed E-state index contributed by atoms with van der Waals surface area (Å²) in [6.07, 6.45) is 9.53. The maximum Gasteiger partial charge on any atom is 0.145 e. The molecule has 0 bridgehead atoms. The smallest absolute Gasteiger partial charge is 0.145 e. The van der Waals surface area contributed by atoms with Crippen LogP contribution in [-0.4, -0.2) is 27.4 Å². The Kier molecular flexibility index (Phi) is 5.04. The van der Waals surface area contributed by atoms with Crippen LogP contribution in [-0.2, 0) is 0 Å². The Morgan fingerprint density at radius 1 is 1.13 bits per heavy atom. The second-order valence-electron chi connectivity index (χ2n) is 8.81. The minimum absolute atomic E-state index is 0.403. The number of rotatable bonds is 5. The first-order valence-electron chi connectivity index (χ1n) is 11.1. The van der Waals surface area contributed by atoms with Crippen molar-refractivity contribution in [1.82, 2.24) is 19.5 Å². The minimum atomic E-state index is 0.403. The van der Waals surface area contributed by atoms with Gasteiger partial charge in [0.15, 0.2) is 0 Å². The zero-order chi connectivity index (χ0) is 21.5. The van der Waals surface area contributed by atoms with E-state index in [-0.39, 0.29) is 0 Å². The number of aromatic nitrogens is 4. The second-order valence-corrected chi connectivity index (χ2v) is 8.81. The normalized spacial score (nSPS) is 19.9. The third-order valence-corrected chi connectivity index (χ3v) is 6.93.